The molecule has 0 aliphatic heterocycles. The maximum absolute atomic E-state index is 12.0. The van der Waals surface area contributed by atoms with Crippen molar-refractivity contribution in [2.45, 2.75) is 26.4 Å². The number of hydrogen-bond acceptors (Lipinski definition) is 3. The molecule has 24 heavy (non-hydrogen) atoms. The van der Waals surface area contributed by atoms with Crippen molar-refractivity contribution in [3.63, 3.8) is 0 Å². The largest absolute Gasteiger partial charge is 0.494 e. The summed E-state index contributed by atoms with van der Waals surface area (Å²) in [6.07, 6.45) is 2.14. The molecule has 0 radical (unpaired) electrons. The van der Waals surface area contributed by atoms with Crippen molar-refractivity contribution in [1.82, 2.24) is 5.32 Å². The van der Waals surface area contributed by atoms with E-state index in [2.05, 4.69) is 12.2 Å². The molecule has 0 aromatic heterocycles. The predicted octanol–water partition coefficient (Wildman–Crippen LogP) is 3.81. The van der Waals surface area contributed by atoms with Crippen LogP contribution in [-0.2, 0) is 11.3 Å². The van der Waals surface area contributed by atoms with Gasteiger partial charge in [-0.15, -0.1) is 0 Å². The molecule has 2 rings (SSSR count). The Balaban J connectivity index is 1.65. The lowest BCUT2D eigenvalue weighted by Gasteiger charge is -2.08. The Morgan fingerprint density at radius 3 is 2.46 bits per heavy atom. The van der Waals surface area contributed by atoms with E-state index in [-0.39, 0.29) is 5.91 Å². The second-order valence-corrected chi connectivity index (χ2v) is 5.52. The molecular formula is C20H25NO3. The molecule has 0 spiro atoms. The molecule has 0 aliphatic carbocycles. The van der Waals surface area contributed by atoms with Crippen LogP contribution in [0.4, 0.5) is 0 Å². The Hall–Kier alpha value is -2.33. The van der Waals surface area contributed by atoms with Crippen LogP contribution in [0.5, 0.6) is 5.75 Å². The molecule has 128 valence electrons. The standard InChI is InChI=1S/C20H25NO3/c1-2-3-14-24-19-11-9-18(10-12-19)20(22)21-13-15-23-16-17-7-5-4-6-8-17/h4-12H,2-3,13-16H2,1H3,(H,21,22). The molecule has 0 atom stereocenters. The highest BCUT2D eigenvalue weighted by Crippen LogP contribution is 2.12. The third kappa shape index (κ3) is 6.42. The fraction of sp³-hybridized carbons (Fsp3) is 0.350. The van der Waals surface area contributed by atoms with Crippen molar-refractivity contribution < 1.29 is 14.3 Å². The van der Waals surface area contributed by atoms with Crippen molar-refractivity contribution in [2.75, 3.05) is 19.8 Å². The lowest BCUT2D eigenvalue weighted by Crippen LogP contribution is -2.27. The van der Waals surface area contributed by atoms with E-state index in [9.17, 15) is 4.79 Å². The average molecular weight is 327 g/mol. The predicted molar refractivity (Wildman–Crippen MR) is 95.3 cm³/mol. The van der Waals surface area contributed by atoms with Gasteiger partial charge in [0, 0.05) is 12.1 Å². The van der Waals surface area contributed by atoms with Crippen molar-refractivity contribution in [1.29, 1.82) is 0 Å². The number of carbonyl (C=O) groups excluding carboxylic acids is 1. The summed E-state index contributed by atoms with van der Waals surface area (Å²) < 4.78 is 11.1. The number of nitrogens with one attached hydrogen (secondary N) is 1. The Labute approximate surface area is 143 Å². The van der Waals surface area contributed by atoms with Gasteiger partial charge in [-0.25, -0.2) is 0 Å². The maximum Gasteiger partial charge on any atom is 0.251 e. The van der Waals surface area contributed by atoms with Crippen LogP contribution >= 0.6 is 0 Å². The summed E-state index contributed by atoms with van der Waals surface area (Å²) in [6, 6.07) is 17.2. The first-order valence-electron chi connectivity index (χ1n) is 8.42. The van der Waals surface area contributed by atoms with Gasteiger partial charge in [0.25, 0.3) is 5.91 Å². The highest BCUT2D eigenvalue weighted by atomic mass is 16.5. The van der Waals surface area contributed by atoms with Crippen molar-refractivity contribution in [3.8, 4) is 5.75 Å². The summed E-state index contributed by atoms with van der Waals surface area (Å²) in [4.78, 5) is 12.0. The molecule has 2 aromatic rings. The number of hydrogen-bond donors (Lipinski definition) is 1. The molecule has 0 bridgehead atoms. The SMILES string of the molecule is CCCCOc1ccc(C(=O)NCCOCc2ccccc2)cc1. The summed E-state index contributed by atoms with van der Waals surface area (Å²) >= 11 is 0. The number of rotatable bonds is 10. The number of unbranched alkanes of at least 4 members (excludes halogenated alkanes) is 1. The van der Waals surface area contributed by atoms with E-state index in [1.807, 2.05) is 42.5 Å². The highest BCUT2D eigenvalue weighted by Gasteiger charge is 2.05. The Kier molecular flexibility index (Phi) is 7.84. The fourth-order valence-electron chi connectivity index (χ4n) is 2.14. The lowest BCUT2D eigenvalue weighted by atomic mass is 10.2. The zero-order valence-electron chi connectivity index (χ0n) is 14.2. The molecule has 1 N–H and O–H groups in total. The van der Waals surface area contributed by atoms with Gasteiger partial charge in [0.05, 0.1) is 19.8 Å². The van der Waals surface area contributed by atoms with Crippen molar-refractivity contribution in [3.05, 3.63) is 65.7 Å². The molecule has 2 aromatic carbocycles. The summed E-state index contributed by atoms with van der Waals surface area (Å²) in [6.45, 7) is 4.36. The third-order valence-electron chi connectivity index (χ3n) is 3.53. The molecule has 4 nitrogen and oxygen atoms in total. The minimum Gasteiger partial charge on any atom is -0.494 e. The van der Waals surface area contributed by atoms with E-state index in [4.69, 9.17) is 9.47 Å². The molecule has 4 heteroatoms. The van der Waals surface area contributed by atoms with Crippen LogP contribution < -0.4 is 10.1 Å². The smallest absolute Gasteiger partial charge is 0.251 e. The van der Waals surface area contributed by atoms with Gasteiger partial charge in [-0.05, 0) is 36.2 Å². The first kappa shape index (κ1) is 18.0. The van der Waals surface area contributed by atoms with Gasteiger partial charge >= 0.3 is 0 Å². The molecule has 1 amide bonds. The van der Waals surface area contributed by atoms with Crippen LogP contribution in [0.2, 0.25) is 0 Å². The minimum absolute atomic E-state index is 0.0987. The first-order valence-corrected chi connectivity index (χ1v) is 8.42. The van der Waals surface area contributed by atoms with Crippen LogP contribution in [0, 0.1) is 0 Å². The van der Waals surface area contributed by atoms with Crippen LogP contribution in [0.3, 0.4) is 0 Å². The fourth-order valence-corrected chi connectivity index (χ4v) is 2.14. The molecule has 0 fully saturated rings. The number of amides is 1. The summed E-state index contributed by atoms with van der Waals surface area (Å²) in [5.74, 6) is 0.699. The van der Waals surface area contributed by atoms with E-state index < -0.39 is 0 Å². The van der Waals surface area contributed by atoms with Gasteiger partial charge in [-0.3, -0.25) is 4.79 Å². The zero-order valence-corrected chi connectivity index (χ0v) is 14.2. The topological polar surface area (TPSA) is 47.6 Å². The van der Waals surface area contributed by atoms with Gasteiger partial charge in [-0.2, -0.15) is 0 Å². The van der Waals surface area contributed by atoms with Crippen molar-refractivity contribution >= 4 is 5.91 Å². The molecular weight excluding hydrogens is 302 g/mol. The van der Waals surface area contributed by atoms with E-state index in [1.54, 1.807) is 12.1 Å². The van der Waals surface area contributed by atoms with Crippen LogP contribution in [-0.4, -0.2) is 25.7 Å². The molecule has 0 aliphatic rings. The van der Waals surface area contributed by atoms with Gasteiger partial charge in [-0.1, -0.05) is 43.7 Å². The summed E-state index contributed by atoms with van der Waals surface area (Å²) in [5, 5.41) is 2.85. The maximum atomic E-state index is 12.0. The van der Waals surface area contributed by atoms with Gasteiger partial charge in [0.15, 0.2) is 0 Å². The monoisotopic (exact) mass is 327 g/mol. The Bertz CT molecular complexity index is 596. The number of ether oxygens (including phenoxy) is 2. The lowest BCUT2D eigenvalue weighted by molar-refractivity contribution is 0.0901. The zero-order chi connectivity index (χ0) is 17.0. The van der Waals surface area contributed by atoms with E-state index in [0.29, 0.717) is 31.9 Å². The Morgan fingerprint density at radius 2 is 1.75 bits per heavy atom. The first-order chi connectivity index (χ1) is 11.8. The van der Waals surface area contributed by atoms with Crippen molar-refractivity contribution in [2.24, 2.45) is 0 Å². The second-order valence-electron chi connectivity index (χ2n) is 5.52. The van der Waals surface area contributed by atoms with E-state index in [0.717, 1.165) is 24.2 Å². The van der Waals surface area contributed by atoms with E-state index in [1.165, 1.54) is 0 Å². The highest BCUT2D eigenvalue weighted by molar-refractivity contribution is 5.94. The van der Waals surface area contributed by atoms with Gasteiger partial charge < -0.3 is 14.8 Å². The van der Waals surface area contributed by atoms with Gasteiger partial charge in [0.2, 0.25) is 0 Å². The van der Waals surface area contributed by atoms with Crippen LogP contribution in [0.1, 0.15) is 35.7 Å². The molecule has 0 heterocycles. The van der Waals surface area contributed by atoms with Gasteiger partial charge in [0.1, 0.15) is 5.75 Å². The third-order valence-corrected chi connectivity index (χ3v) is 3.53. The summed E-state index contributed by atoms with van der Waals surface area (Å²) in [5.41, 5.74) is 1.75. The quantitative estimate of drug-likeness (QED) is 0.675. The normalized spacial score (nSPS) is 10.4. The number of carbonyl (C=O) groups is 1. The minimum atomic E-state index is -0.0987. The number of benzene rings is 2. The van der Waals surface area contributed by atoms with Crippen LogP contribution in [0.25, 0.3) is 0 Å². The van der Waals surface area contributed by atoms with Crippen LogP contribution in [0.15, 0.2) is 54.6 Å². The molecule has 0 unspecified atom stereocenters. The summed E-state index contributed by atoms with van der Waals surface area (Å²) in [7, 11) is 0. The van der Waals surface area contributed by atoms with E-state index >= 15 is 0 Å². The Morgan fingerprint density at radius 1 is 1.00 bits per heavy atom. The average Bonchev–Trinajstić information content (AvgIpc) is 2.63. The molecule has 0 saturated carbocycles. The second kappa shape index (κ2) is 10.4. The molecule has 0 saturated heterocycles.